The van der Waals surface area contributed by atoms with Crippen LogP contribution in [-0.2, 0) is 0 Å². The molecule has 1 heterocycles. The van der Waals surface area contributed by atoms with Crippen LogP contribution in [0.5, 0.6) is 0 Å². The second kappa shape index (κ2) is 6.34. The summed E-state index contributed by atoms with van der Waals surface area (Å²) in [6, 6.07) is 23.5. The molecular formula is C21H16N2O2. The molecule has 0 aliphatic carbocycles. The van der Waals surface area contributed by atoms with Crippen LogP contribution < -0.4 is 0 Å². The van der Waals surface area contributed by atoms with E-state index in [1.807, 2.05) is 36.4 Å². The fourth-order valence-electron chi connectivity index (χ4n) is 2.96. The summed E-state index contributed by atoms with van der Waals surface area (Å²) in [5.41, 5.74) is 5.24. The number of aliphatic hydroxyl groups excluding tert-OH is 1. The predicted octanol–water partition coefficient (Wildman–Crippen LogP) is 4.07. The zero-order chi connectivity index (χ0) is 17.2. The van der Waals surface area contributed by atoms with Crippen LogP contribution in [0.1, 0.15) is 10.4 Å². The van der Waals surface area contributed by atoms with E-state index in [-0.39, 0.29) is 5.78 Å². The lowest BCUT2D eigenvalue weighted by Gasteiger charge is -2.07. The van der Waals surface area contributed by atoms with Gasteiger partial charge in [-0.1, -0.05) is 54.6 Å². The number of ketones is 1. The number of hydrogen-bond acceptors (Lipinski definition) is 3. The van der Waals surface area contributed by atoms with Gasteiger partial charge in [-0.25, -0.2) is 4.98 Å². The van der Waals surface area contributed by atoms with Crippen molar-refractivity contribution in [3.05, 3.63) is 78.4 Å². The average Bonchev–Trinajstić information content (AvgIpc) is 3.11. The van der Waals surface area contributed by atoms with Crippen LogP contribution in [0.4, 0.5) is 0 Å². The number of aromatic nitrogens is 2. The number of nitrogens with zero attached hydrogens (tertiary/aromatic N) is 1. The minimum Gasteiger partial charge on any atom is -0.388 e. The number of carbonyl (C=O) groups excluding carboxylic acids is 1. The molecule has 0 fully saturated rings. The maximum atomic E-state index is 11.7. The van der Waals surface area contributed by atoms with Gasteiger partial charge in [0.25, 0.3) is 0 Å². The molecule has 122 valence electrons. The molecule has 4 aromatic rings. The predicted molar refractivity (Wildman–Crippen MR) is 98.4 cm³/mol. The third kappa shape index (κ3) is 2.84. The highest BCUT2D eigenvalue weighted by Crippen LogP contribution is 2.31. The Balaban J connectivity index is 1.84. The van der Waals surface area contributed by atoms with E-state index in [0.29, 0.717) is 5.56 Å². The van der Waals surface area contributed by atoms with Gasteiger partial charge in [-0.3, -0.25) is 4.79 Å². The maximum absolute atomic E-state index is 11.7. The number of nitrogens with one attached hydrogen (secondary N) is 1. The molecule has 3 aromatic carbocycles. The van der Waals surface area contributed by atoms with Crippen molar-refractivity contribution in [3.63, 3.8) is 0 Å². The van der Waals surface area contributed by atoms with Crippen LogP contribution in [0.2, 0.25) is 0 Å². The zero-order valence-corrected chi connectivity index (χ0v) is 13.4. The second-order valence-electron chi connectivity index (χ2n) is 5.81. The van der Waals surface area contributed by atoms with Crippen LogP contribution in [0, 0.1) is 0 Å². The Morgan fingerprint density at radius 3 is 2.40 bits per heavy atom. The van der Waals surface area contributed by atoms with Gasteiger partial charge in [-0.2, -0.15) is 0 Å². The number of fused-ring (bicyclic) bond motifs is 1. The van der Waals surface area contributed by atoms with Gasteiger partial charge in [-0.15, -0.1) is 0 Å². The summed E-state index contributed by atoms with van der Waals surface area (Å²) in [5, 5.41) is 9.03. The van der Waals surface area contributed by atoms with Crippen LogP contribution in [0.15, 0.2) is 72.8 Å². The Hall–Kier alpha value is -3.24. The minimum absolute atomic E-state index is 0.303. The van der Waals surface area contributed by atoms with E-state index in [1.54, 1.807) is 18.2 Å². The van der Waals surface area contributed by atoms with Crippen LogP contribution in [-0.4, -0.2) is 27.5 Å². The number of benzene rings is 3. The summed E-state index contributed by atoms with van der Waals surface area (Å²) < 4.78 is 0. The summed E-state index contributed by atoms with van der Waals surface area (Å²) >= 11 is 0. The molecular weight excluding hydrogens is 312 g/mol. The fraction of sp³-hybridized carbons (Fsp3) is 0.0476. The number of imidazole rings is 1. The summed E-state index contributed by atoms with van der Waals surface area (Å²) in [5.74, 6) is 0.450. The molecule has 4 nitrogen and oxygen atoms in total. The minimum atomic E-state index is -0.497. The lowest BCUT2D eigenvalue weighted by atomic mass is 9.99. The number of aliphatic hydroxyl groups is 1. The van der Waals surface area contributed by atoms with Crippen LogP contribution in [0.25, 0.3) is 33.5 Å². The standard InChI is InChI=1S/C21H16N2O2/c24-13-20(25)15-10-11-18-19(12-15)23-21(22-18)17-9-5-4-8-16(17)14-6-2-1-3-7-14/h1-12,24H,13H2,(H,22,23). The maximum Gasteiger partial charge on any atom is 0.188 e. The lowest BCUT2D eigenvalue weighted by Crippen LogP contribution is -2.03. The number of rotatable bonds is 4. The van der Waals surface area contributed by atoms with E-state index in [2.05, 4.69) is 28.2 Å². The zero-order valence-electron chi connectivity index (χ0n) is 13.4. The number of H-pyrrole nitrogens is 1. The van der Waals surface area contributed by atoms with Gasteiger partial charge < -0.3 is 10.1 Å². The molecule has 4 rings (SSSR count). The highest BCUT2D eigenvalue weighted by Gasteiger charge is 2.12. The number of Topliss-reactive ketones (excluding diaryl/α,β-unsaturated/α-hetero) is 1. The van der Waals surface area contributed by atoms with E-state index in [1.165, 1.54) is 0 Å². The molecule has 0 amide bonds. The van der Waals surface area contributed by atoms with Crippen molar-refractivity contribution in [2.24, 2.45) is 0 Å². The van der Waals surface area contributed by atoms with Crippen molar-refractivity contribution in [1.29, 1.82) is 0 Å². The molecule has 0 aliphatic rings. The van der Waals surface area contributed by atoms with Crippen molar-refractivity contribution in [3.8, 4) is 22.5 Å². The number of aromatic amines is 1. The van der Waals surface area contributed by atoms with E-state index >= 15 is 0 Å². The summed E-state index contributed by atoms with van der Waals surface area (Å²) in [6.07, 6.45) is 0. The molecule has 0 saturated carbocycles. The van der Waals surface area contributed by atoms with E-state index < -0.39 is 6.61 Å². The summed E-state index contributed by atoms with van der Waals surface area (Å²) in [6.45, 7) is -0.497. The first-order chi connectivity index (χ1) is 12.3. The first kappa shape index (κ1) is 15.3. The molecule has 25 heavy (non-hydrogen) atoms. The molecule has 4 heteroatoms. The highest BCUT2D eigenvalue weighted by molar-refractivity contribution is 6.00. The first-order valence-corrected chi connectivity index (χ1v) is 8.05. The molecule has 0 spiro atoms. The second-order valence-corrected chi connectivity index (χ2v) is 5.81. The van der Waals surface area contributed by atoms with Gasteiger partial charge in [0.1, 0.15) is 12.4 Å². The fourth-order valence-corrected chi connectivity index (χ4v) is 2.96. The third-order valence-electron chi connectivity index (χ3n) is 4.21. The monoisotopic (exact) mass is 328 g/mol. The SMILES string of the molecule is O=C(CO)c1ccc2nc(-c3ccccc3-c3ccccc3)[nH]c2c1. The third-order valence-corrected chi connectivity index (χ3v) is 4.21. The molecule has 0 radical (unpaired) electrons. The topological polar surface area (TPSA) is 66.0 Å². The van der Waals surface area contributed by atoms with Gasteiger partial charge in [0.05, 0.1) is 11.0 Å². The number of hydrogen-bond donors (Lipinski definition) is 2. The van der Waals surface area contributed by atoms with Gasteiger partial charge in [0.15, 0.2) is 5.78 Å². The lowest BCUT2D eigenvalue weighted by molar-refractivity contribution is 0.0904. The van der Waals surface area contributed by atoms with Crippen molar-refractivity contribution >= 4 is 16.8 Å². The number of carbonyl (C=O) groups is 1. The Bertz CT molecular complexity index is 1050. The first-order valence-electron chi connectivity index (χ1n) is 8.05. The molecule has 0 aliphatic heterocycles. The Labute approximate surface area is 144 Å². The highest BCUT2D eigenvalue weighted by atomic mass is 16.3. The molecule has 0 atom stereocenters. The van der Waals surface area contributed by atoms with Crippen molar-refractivity contribution in [2.75, 3.05) is 6.61 Å². The molecule has 0 saturated heterocycles. The molecule has 2 N–H and O–H groups in total. The van der Waals surface area contributed by atoms with Crippen LogP contribution in [0.3, 0.4) is 0 Å². The smallest absolute Gasteiger partial charge is 0.188 e. The largest absolute Gasteiger partial charge is 0.388 e. The quantitative estimate of drug-likeness (QED) is 0.555. The molecule has 1 aromatic heterocycles. The Morgan fingerprint density at radius 2 is 1.64 bits per heavy atom. The van der Waals surface area contributed by atoms with E-state index in [4.69, 9.17) is 5.11 Å². The normalized spacial score (nSPS) is 10.9. The van der Waals surface area contributed by atoms with Crippen LogP contribution >= 0.6 is 0 Å². The average molecular weight is 328 g/mol. The van der Waals surface area contributed by atoms with E-state index in [9.17, 15) is 4.79 Å². The summed E-state index contributed by atoms with van der Waals surface area (Å²) in [4.78, 5) is 19.7. The van der Waals surface area contributed by atoms with E-state index in [0.717, 1.165) is 33.5 Å². The van der Waals surface area contributed by atoms with Gasteiger partial charge in [-0.05, 0) is 29.3 Å². The van der Waals surface area contributed by atoms with Crippen molar-refractivity contribution < 1.29 is 9.90 Å². The van der Waals surface area contributed by atoms with Crippen molar-refractivity contribution in [2.45, 2.75) is 0 Å². The van der Waals surface area contributed by atoms with Gasteiger partial charge in [0, 0.05) is 11.1 Å². The van der Waals surface area contributed by atoms with Gasteiger partial charge in [0.2, 0.25) is 0 Å². The Kier molecular flexibility index (Phi) is 3.88. The van der Waals surface area contributed by atoms with Crippen molar-refractivity contribution in [1.82, 2.24) is 9.97 Å². The Morgan fingerprint density at radius 1 is 0.920 bits per heavy atom. The van der Waals surface area contributed by atoms with Gasteiger partial charge >= 0.3 is 0 Å². The molecule has 0 unspecified atom stereocenters. The summed E-state index contributed by atoms with van der Waals surface area (Å²) in [7, 11) is 0. The molecule has 0 bridgehead atoms.